The smallest absolute Gasteiger partial charge is 0.300 e. The maximum atomic E-state index is 10.7. The highest BCUT2D eigenvalue weighted by Gasteiger charge is 2.17. The molecule has 0 saturated heterocycles. The van der Waals surface area contributed by atoms with Gasteiger partial charge in [0.2, 0.25) is 0 Å². The van der Waals surface area contributed by atoms with Gasteiger partial charge in [-0.15, -0.1) is 4.91 Å². The van der Waals surface area contributed by atoms with E-state index >= 15 is 0 Å². The van der Waals surface area contributed by atoms with Crippen LogP contribution in [-0.4, -0.2) is 10.5 Å². The van der Waals surface area contributed by atoms with Crippen LogP contribution in [0.1, 0.15) is 20.8 Å². The first kappa shape index (κ1) is 12.1. The van der Waals surface area contributed by atoms with Crippen molar-refractivity contribution in [3.05, 3.63) is 33.2 Å². The largest absolute Gasteiger partial charge is 0.380 e. The Bertz CT molecular complexity index is 424. The molecular formula is C10H13N3O3. The van der Waals surface area contributed by atoms with Gasteiger partial charge in [-0.25, -0.2) is 0 Å². The van der Waals surface area contributed by atoms with Crippen molar-refractivity contribution in [2.24, 2.45) is 5.18 Å². The van der Waals surface area contributed by atoms with Crippen LogP contribution in [0.2, 0.25) is 0 Å². The lowest BCUT2D eigenvalue weighted by Crippen LogP contribution is -2.25. The van der Waals surface area contributed by atoms with Crippen LogP contribution < -0.4 is 5.32 Å². The Kier molecular flexibility index (Phi) is 3.22. The molecule has 0 amide bonds. The highest BCUT2D eigenvalue weighted by atomic mass is 16.6. The van der Waals surface area contributed by atoms with Gasteiger partial charge in [-0.05, 0) is 38.1 Å². The first-order valence-corrected chi connectivity index (χ1v) is 4.73. The number of nitrogens with zero attached hydrogens (tertiary/aromatic N) is 2. The van der Waals surface area contributed by atoms with E-state index in [4.69, 9.17) is 0 Å². The fraction of sp³-hybridized carbons (Fsp3) is 0.400. The van der Waals surface area contributed by atoms with E-state index in [0.717, 1.165) is 0 Å². The Morgan fingerprint density at radius 1 is 1.38 bits per heavy atom. The molecule has 0 aliphatic carbocycles. The highest BCUT2D eigenvalue weighted by molar-refractivity contribution is 5.65. The van der Waals surface area contributed by atoms with Crippen LogP contribution >= 0.6 is 0 Å². The normalized spacial score (nSPS) is 10.9. The Hall–Kier alpha value is -1.98. The van der Waals surface area contributed by atoms with Crippen LogP contribution in [0.4, 0.5) is 17.1 Å². The zero-order chi connectivity index (χ0) is 12.3. The van der Waals surface area contributed by atoms with Crippen LogP contribution in [0.15, 0.2) is 23.4 Å². The van der Waals surface area contributed by atoms with Crippen molar-refractivity contribution < 1.29 is 4.92 Å². The number of nitro groups is 1. The Labute approximate surface area is 92.8 Å². The molecule has 1 aromatic carbocycles. The number of nitroso groups, excluding NO2 is 1. The summed E-state index contributed by atoms with van der Waals surface area (Å²) >= 11 is 0. The molecule has 0 heterocycles. The average molecular weight is 223 g/mol. The van der Waals surface area contributed by atoms with Crippen molar-refractivity contribution in [2.45, 2.75) is 26.3 Å². The van der Waals surface area contributed by atoms with Gasteiger partial charge in [0.25, 0.3) is 5.69 Å². The molecular weight excluding hydrogens is 210 g/mol. The van der Waals surface area contributed by atoms with E-state index < -0.39 is 4.92 Å². The molecule has 0 aliphatic rings. The minimum atomic E-state index is -0.620. The van der Waals surface area contributed by atoms with Crippen molar-refractivity contribution in [1.82, 2.24) is 0 Å². The van der Waals surface area contributed by atoms with Gasteiger partial charge in [-0.1, -0.05) is 0 Å². The third kappa shape index (κ3) is 3.01. The Balaban J connectivity index is 3.12. The van der Waals surface area contributed by atoms with E-state index in [1.54, 1.807) is 6.07 Å². The number of nitro benzene ring substituents is 1. The third-order valence-corrected chi connectivity index (χ3v) is 1.79. The molecule has 0 spiro atoms. The molecule has 86 valence electrons. The summed E-state index contributed by atoms with van der Waals surface area (Å²) in [5.74, 6) is 0. The lowest BCUT2D eigenvalue weighted by atomic mass is 10.1. The van der Waals surface area contributed by atoms with Gasteiger partial charge < -0.3 is 5.32 Å². The third-order valence-electron chi connectivity index (χ3n) is 1.79. The van der Waals surface area contributed by atoms with Crippen LogP contribution in [0.5, 0.6) is 0 Å². The molecule has 0 aliphatic heterocycles. The van der Waals surface area contributed by atoms with E-state index in [1.165, 1.54) is 12.1 Å². The van der Waals surface area contributed by atoms with Gasteiger partial charge in [-0.2, -0.15) is 0 Å². The molecule has 1 aromatic rings. The van der Waals surface area contributed by atoms with E-state index in [1.807, 2.05) is 20.8 Å². The van der Waals surface area contributed by atoms with Crippen molar-refractivity contribution in [2.75, 3.05) is 5.32 Å². The molecule has 16 heavy (non-hydrogen) atoms. The van der Waals surface area contributed by atoms with Crippen LogP contribution in [0, 0.1) is 15.0 Å². The molecule has 0 radical (unpaired) electrons. The molecule has 1 N–H and O–H groups in total. The van der Waals surface area contributed by atoms with E-state index in [0.29, 0.717) is 5.69 Å². The fourth-order valence-electron chi connectivity index (χ4n) is 1.26. The predicted octanol–water partition coefficient (Wildman–Crippen LogP) is 3.20. The maximum absolute atomic E-state index is 10.7. The number of rotatable bonds is 3. The van der Waals surface area contributed by atoms with Gasteiger partial charge in [0.15, 0.2) is 5.69 Å². The lowest BCUT2D eigenvalue weighted by molar-refractivity contribution is -0.384. The summed E-state index contributed by atoms with van der Waals surface area (Å²) in [5, 5.41) is 16.4. The molecule has 0 bridgehead atoms. The standard InChI is InChI=1S/C10H13N3O3/c1-10(2,3)11-7-4-5-8(12-14)9(6-7)13(15)16/h4-6,11H,1-3H3. The Morgan fingerprint density at radius 2 is 2.00 bits per heavy atom. The number of hydrogen-bond acceptors (Lipinski definition) is 5. The zero-order valence-electron chi connectivity index (χ0n) is 9.35. The number of hydrogen-bond donors (Lipinski definition) is 1. The molecule has 0 saturated carbocycles. The van der Waals surface area contributed by atoms with E-state index in [9.17, 15) is 15.0 Å². The van der Waals surface area contributed by atoms with E-state index in [2.05, 4.69) is 10.5 Å². The molecule has 6 nitrogen and oxygen atoms in total. The first-order valence-electron chi connectivity index (χ1n) is 4.73. The minimum Gasteiger partial charge on any atom is -0.380 e. The van der Waals surface area contributed by atoms with Gasteiger partial charge in [0.05, 0.1) is 4.92 Å². The Morgan fingerprint density at radius 3 is 2.44 bits per heavy atom. The van der Waals surface area contributed by atoms with Gasteiger partial charge >= 0.3 is 0 Å². The number of anilines is 1. The highest BCUT2D eigenvalue weighted by Crippen LogP contribution is 2.30. The number of benzene rings is 1. The van der Waals surface area contributed by atoms with Crippen LogP contribution in [0.3, 0.4) is 0 Å². The fourth-order valence-corrected chi connectivity index (χ4v) is 1.26. The maximum Gasteiger partial charge on any atom is 0.300 e. The molecule has 0 atom stereocenters. The first-order chi connectivity index (χ1) is 7.33. The van der Waals surface area contributed by atoms with Crippen molar-refractivity contribution in [1.29, 1.82) is 0 Å². The minimum absolute atomic E-state index is 0.163. The monoisotopic (exact) mass is 223 g/mol. The van der Waals surface area contributed by atoms with Gasteiger partial charge in [0, 0.05) is 17.3 Å². The molecule has 1 rings (SSSR count). The summed E-state index contributed by atoms with van der Waals surface area (Å²) < 4.78 is 0. The molecule has 0 unspecified atom stereocenters. The summed E-state index contributed by atoms with van der Waals surface area (Å²) in [7, 11) is 0. The van der Waals surface area contributed by atoms with E-state index in [-0.39, 0.29) is 16.9 Å². The topological polar surface area (TPSA) is 84.6 Å². The second kappa shape index (κ2) is 4.26. The van der Waals surface area contributed by atoms with Crippen LogP contribution in [0.25, 0.3) is 0 Å². The molecule has 0 fully saturated rings. The second-order valence-corrected chi connectivity index (χ2v) is 4.43. The summed E-state index contributed by atoms with van der Waals surface area (Å²) in [6.45, 7) is 5.81. The van der Waals surface area contributed by atoms with Gasteiger partial charge in [0.1, 0.15) is 0 Å². The van der Waals surface area contributed by atoms with Crippen molar-refractivity contribution >= 4 is 17.1 Å². The quantitative estimate of drug-likeness (QED) is 0.484. The molecule has 0 aromatic heterocycles. The van der Waals surface area contributed by atoms with Crippen molar-refractivity contribution in [3.8, 4) is 0 Å². The summed E-state index contributed by atoms with van der Waals surface area (Å²) in [6.07, 6.45) is 0. The van der Waals surface area contributed by atoms with Crippen LogP contribution in [-0.2, 0) is 0 Å². The summed E-state index contributed by atoms with van der Waals surface area (Å²) in [5.41, 5.74) is -0.0652. The zero-order valence-corrected chi connectivity index (χ0v) is 9.35. The summed E-state index contributed by atoms with van der Waals surface area (Å²) in [4.78, 5) is 20.4. The number of nitrogens with one attached hydrogen (secondary N) is 1. The SMILES string of the molecule is CC(C)(C)Nc1ccc(N=O)c([N+](=O)[O-])c1. The lowest BCUT2D eigenvalue weighted by Gasteiger charge is -2.21. The molecule has 6 heteroatoms. The average Bonchev–Trinajstić information content (AvgIpc) is 2.15. The second-order valence-electron chi connectivity index (χ2n) is 4.43. The van der Waals surface area contributed by atoms with Crippen molar-refractivity contribution in [3.63, 3.8) is 0 Å². The van der Waals surface area contributed by atoms with Gasteiger partial charge in [-0.3, -0.25) is 10.1 Å². The predicted molar refractivity (Wildman–Crippen MR) is 61.9 cm³/mol. The summed E-state index contributed by atoms with van der Waals surface area (Å²) in [6, 6.07) is 4.23.